The summed E-state index contributed by atoms with van der Waals surface area (Å²) >= 11 is 0. The van der Waals surface area contributed by atoms with E-state index in [1.165, 1.54) is 103 Å². The molecule has 4 unspecified atom stereocenters. The van der Waals surface area contributed by atoms with E-state index in [2.05, 4.69) is 10.4 Å². The second-order valence-electron chi connectivity index (χ2n) is 9.39. The molecule has 0 bridgehead atoms. The van der Waals surface area contributed by atoms with Crippen molar-refractivity contribution in [2.24, 2.45) is 17.8 Å². The Balaban J connectivity index is 1.08. The standard InChI is InChI=1S/C22H40N2O/c1-2-9-20-14-12-18(11-13-19(20)8-1)7-4-6-16-25-22-17-21-10-3-5-15-24(21)23-22/h18-23H,1-17H2. The fourth-order valence-corrected chi connectivity index (χ4v) is 6.14. The summed E-state index contributed by atoms with van der Waals surface area (Å²) in [5, 5.41) is 2.44. The molecule has 4 rings (SSSR count). The minimum atomic E-state index is 0.295. The lowest BCUT2D eigenvalue weighted by atomic mass is 9.77. The zero-order valence-corrected chi connectivity index (χ0v) is 16.3. The highest BCUT2D eigenvalue weighted by Crippen LogP contribution is 2.41. The van der Waals surface area contributed by atoms with Crippen molar-refractivity contribution in [1.82, 2.24) is 10.4 Å². The van der Waals surface area contributed by atoms with Gasteiger partial charge in [-0.2, -0.15) is 0 Å². The lowest BCUT2D eigenvalue weighted by molar-refractivity contribution is 0.0127. The molecule has 2 aliphatic carbocycles. The molecule has 4 aliphatic rings. The Bertz CT molecular complexity index is 371. The number of hydrogen-bond acceptors (Lipinski definition) is 3. The Kier molecular flexibility index (Phi) is 6.71. The van der Waals surface area contributed by atoms with E-state index in [0.29, 0.717) is 6.23 Å². The Morgan fingerprint density at radius 3 is 2.32 bits per heavy atom. The maximum absolute atomic E-state index is 6.13. The maximum Gasteiger partial charge on any atom is 0.122 e. The quantitative estimate of drug-likeness (QED) is 0.663. The van der Waals surface area contributed by atoms with Crippen molar-refractivity contribution < 1.29 is 4.74 Å². The summed E-state index contributed by atoms with van der Waals surface area (Å²) in [5.41, 5.74) is 3.58. The summed E-state index contributed by atoms with van der Waals surface area (Å²) in [7, 11) is 0. The number of nitrogens with one attached hydrogen (secondary N) is 1. The molecule has 1 N–H and O–H groups in total. The van der Waals surface area contributed by atoms with Crippen LogP contribution in [-0.4, -0.2) is 30.4 Å². The number of hydrazine groups is 1. The predicted octanol–water partition coefficient (Wildman–Crippen LogP) is 5.26. The molecule has 2 saturated heterocycles. The molecule has 0 amide bonds. The van der Waals surface area contributed by atoms with Gasteiger partial charge in [0.05, 0.1) is 0 Å². The van der Waals surface area contributed by atoms with E-state index in [0.717, 1.165) is 30.4 Å². The third kappa shape index (κ3) is 4.99. The molecule has 0 radical (unpaired) electrons. The molecular weight excluding hydrogens is 308 g/mol. The van der Waals surface area contributed by atoms with Crippen LogP contribution in [0.4, 0.5) is 0 Å². The van der Waals surface area contributed by atoms with E-state index in [4.69, 9.17) is 4.74 Å². The number of fused-ring (bicyclic) bond motifs is 2. The Hall–Kier alpha value is -0.120. The van der Waals surface area contributed by atoms with Crippen LogP contribution in [-0.2, 0) is 4.74 Å². The monoisotopic (exact) mass is 348 g/mol. The van der Waals surface area contributed by atoms with Gasteiger partial charge in [0.1, 0.15) is 6.23 Å². The third-order valence-electron chi connectivity index (χ3n) is 7.71. The number of rotatable bonds is 6. The molecule has 2 heterocycles. The van der Waals surface area contributed by atoms with Crippen LogP contribution < -0.4 is 5.43 Å². The average molecular weight is 349 g/mol. The van der Waals surface area contributed by atoms with Crippen LogP contribution in [0.25, 0.3) is 0 Å². The van der Waals surface area contributed by atoms with Crippen LogP contribution in [0.5, 0.6) is 0 Å². The number of ether oxygens (including phenoxy) is 1. The van der Waals surface area contributed by atoms with Crippen LogP contribution in [0.2, 0.25) is 0 Å². The fraction of sp³-hybridized carbons (Fsp3) is 1.00. The van der Waals surface area contributed by atoms with Crippen molar-refractivity contribution in [3.05, 3.63) is 0 Å². The lowest BCUT2D eigenvalue weighted by Gasteiger charge is -2.29. The molecule has 3 heteroatoms. The van der Waals surface area contributed by atoms with Gasteiger partial charge in [-0.1, -0.05) is 57.8 Å². The van der Waals surface area contributed by atoms with Crippen LogP contribution in [0.15, 0.2) is 0 Å². The first kappa shape index (κ1) is 18.3. The number of hydrogen-bond donors (Lipinski definition) is 1. The Morgan fingerprint density at radius 2 is 1.56 bits per heavy atom. The van der Waals surface area contributed by atoms with Crippen LogP contribution in [0, 0.1) is 17.8 Å². The summed E-state index contributed by atoms with van der Waals surface area (Å²) in [4.78, 5) is 0. The van der Waals surface area contributed by atoms with Gasteiger partial charge in [0.2, 0.25) is 0 Å². The average Bonchev–Trinajstić information content (AvgIpc) is 2.95. The Labute approximate surface area is 155 Å². The molecule has 4 atom stereocenters. The van der Waals surface area contributed by atoms with Crippen LogP contribution >= 0.6 is 0 Å². The zero-order chi connectivity index (χ0) is 16.9. The van der Waals surface area contributed by atoms with E-state index >= 15 is 0 Å². The van der Waals surface area contributed by atoms with Gasteiger partial charge in [0, 0.05) is 25.6 Å². The molecule has 2 aliphatic heterocycles. The SMILES string of the molecule is C(CCC1CCC2CCCCC2CC1)COC1CC2CCCCN2N1. The van der Waals surface area contributed by atoms with Crippen molar-refractivity contribution in [3.8, 4) is 0 Å². The second kappa shape index (κ2) is 9.19. The first-order valence-corrected chi connectivity index (χ1v) is 11.5. The minimum absolute atomic E-state index is 0.295. The number of unbranched alkanes of at least 4 members (excludes halogenated alkanes) is 1. The summed E-state index contributed by atoms with van der Waals surface area (Å²) in [6.45, 7) is 2.17. The maximum atomic E-state index is 6.13. The van der Waals surface area contributed by atoms with E-state index in [1.807, 2.05) is 0 Å². The Morgan fingerprint density at radius 1 is 0.800 bits per heavy atom. The molecule has 0 spiro atoms. The van der Waals surface area contributed by atoms with Crippen molar-refractivity contribution in [2.45, 2.75) is 109 Å². The smallest absolute Gasteiger partial charge is 0.122 e. The molecule has 144 valence electrons. The van der Waals surface area contributed by atoms with Gasteiger partial charge in [-0.25, -0.2) is 10.4 Å². The molecule has 2 saturated carbocycles. The number of nitrogens with zero attached hydrogens (tertiary/aromatic N) is 1. The van der Waals surface area contributed by atoms with Gasteiger partial charge >= 0.3 is 0 Å². The third-order valence-corrected chi connectivity index (χ3v) is 7.71. The van der Waals surface area contributed by atoms with Gasteiger partial charge < -0.3 is 4.74 Å². The van der Waals surface area contributed by atoms with Gasteiger partial charge in [0.25, 0.3) is 0 Å². The molecule has 3 nitrogen and oxygen atoms in total. The van der Waals surface area contributed by atoms with E-state index in [1.54, 1.807) is 0 Å². The molecule has 0 aromatic rings. The zero-order valence-electron chi connectivity index (χ0n) is 16.3. The van der Waals surface area contributed by atoms with Crippen molar-refractivity contribution >= 4 is 0 Å². The van der Waals surface area contributed by atoms with Crippen molar-refractivity contribution in [1.29, 1.82) is 0 Å². The van der Waals surface area contributed by atoms with E-state index in [-0.39, 0.29) is 0 Å². The van der Waals surface area contributed by atoms with Gasteiger partial charge in [-0.3, -0.25) is 0 Å². The first-order valence-electron chi connectivity index (χ1n) is 11.5. The van der Waals surface area contributed by atoms with E-state index in [9.17, 15) is 0 Å². The minimum Gasteiger partial charge on any atom is -0.362 e. The normalized spacial score (nSPS) is 39.6. The summed E-state index contributed by atoms with van der Waals surface area (Å²) in [6, 6.07) is 0.744. The van der Waals surface area contributed by atoms with Crippen molar-refractivity contribution in [3.63, 3.8) is 0 Å². The van der Waals surface area contributed by atoms with Gasteiger partial charge in [-0.05, 0) is 49.9 Å². The topological polar surface area (TPSA) is 24.5 Å². The van der Waals surface area contributed by atoms with Crippen LogP contribution in [0.3, 0.4) is 0 Å². The van der Waals surface area contributed by atoms with Gasteiger partial charge in [-0.15, -0.1) is 0 Å². The molecule has 4 fully saturated rings. The first-order chi connectivity index (χ1) is 12.4. The van der Waals surface area contributed by atoms with Crippen LogP contribution in [0.1, 0.15) is 96.3 Å². The second-order valence-corrected chi connectivity index (χ2v) is 9.39. The summed E-state index contributed by atoms with van der Waals surface area (Å²) in [6.07, 6.45) is 21.9. The summed E-state index contributed by atoms with van der Waals surface area (Å²) < 4.78 is 6.13. The highest BCUT2D eigenvalue weighted by Gasteiger charge is 2.33. The highest BCUT2D eigenvalue weighted by atomic mass is 16.5. The molecule has 0 aromatic carbocycles. The lowest BCUT2D eigenvalue weighted by Crippen LogP contribution is -2.42. The van der Waals surface area contributed by atoms with Gasteiger partial charge in [0.15, 0.2) is 0 Å². The largest absolute Gasteiger partial charge is 0.362 e. The molecule has 25 heavy (non-hydrogen) atoms. The van der Waals surface area contributed by atoms with Crippen molar-refractivity contribution in [2.75, 3.05) is 13.2 Å². The predicted molar refractivity (Wildman–Crippen MR) is 103 cm³/mol. The fourth-order valence-electron chi connectivity index (χ4n) is 6.14. The molecule has 0 aromatic heterocycles. The molecular formula is C22H40N2O. The summed E-state index contributed by atoms with van der Waals surface area (Å²) in [5.74, 6) is 3.20. The number of piperidine rings is 1. The highest BCUT2D eigenvalue weighted by molar-refractivity contribution is 4.83. The van der Waals surface area contributed by atoms with E-state index < -0.39 is 0 Å².